The van der Waals surface area contributed by atoms with E-state index in [-0.39, 0.29) is 18.7 Å². The minimum Gasteiger partial charge on any atom is -0.481 e. The first kappa shape index (κ1) is 14.6. The van der Waals surface area contributed by atoms with Crippen molar-refractivity contribution < 1.29 is 14.7 Å². The fraction of sp³-hybridized carbons (Fsp3) is 0.417. The summed E-state index contributed by atoms with van der Waals surface area (Å²) in [6, 6.07) is 3.44. The van der Waals surface area contributed by atoms with Crippen molar-refractivity contribution in [3.8, 4) is 0 Å². The van der Waals surface area contributed by atoms with E-state index in [1.807, 2.05) is 0 Å². The van der Waals surface area contributed by atoms with E-state index < -0.39 is 11.4 Å². The van der Waals surface area contributed by atoms with Gasteiger partial charge in [-0.25, -0.2) is 4.98 Å². The first-order chi connectivity index (χ1) is 8.28. The highest BCUT2D eigenvalue weighted by atomic mass is 79.9. The van der Waals surface area contributed by atoms with E-state index in [2.05, 4.69) is 26.2 Å². The lowest BCUT2D eigenvalue weighted by atomic mass is 9.85. The number of aliphatic carboxylic acids is 1. The molecule has 0 unspecified atom stereocenters. The molecule has 1 aromatic heterocycles. The molecule has 5 nitrogen and oxygen atoms in total. The number of nitrogens with zero attached hydrogens (tertiary/aromatic N) is 1. The molecule has 0 radical (unpaired) electrons. The van der Waals surface area contributed by atoms with E-state index in [0.717, 1.165) is 4.47 Å². The highest BCUT2D eigenvalue weighted by Gasteiger charge is 2.25. The van der Waals surface area contributed by atoms with Gasteiger partial charge >= 0.3 is 5.97 Å². The van der Waals surface area contributed by atoms with Crippen LogP contribution in [0.2, 0.25) is 0 Å². The Balaban J connectivity index is 2.56. The number of carbonyl (C=O) groups excluding carboxylic acids is 1. The Morgan fingerprint density at radius 2 is 2.06 bits per heavy atom. The van der Waals surface area contributed by atoms with Crippen LogP contribution in [-0.2, 0) is 9.59 Å². The van der Waals surface area contributed by atoms with E-state index in [9.17, 15) is 9.59 Å². The summed E-state index contributed by atoms with van der Waals surface area (Å²) in [5.74, 6) is -0.694. The van der Waals surface area contributed by atoms with Crippen LogP contribution in [0.1, 0.15) is 26.7 Å². The quantitative estimate of drug-likeness (QED) is 0.875. The standard InChI is InChI=1S/C12H15BrN2O3/c1-12(2,6-11(17)18)5-10(16)15-9-4-3-8(13)7-14-9/h3-4,7H,5-6H2,1-2H3,(H,17,18)(H,14,15,16). The zero-order chi connectivity index (χ0) is 13.8. The van der Waals surface area contributed by atoms with Crippen molar-refractivity contribution in [2.24, 2.45) is 5.41 Å². The molecular formula is C12H15BrN2O3. The molecule has 98 valence electrons. The van der Waals surface area contributed by atoms with Crippen LogP contribution in [0.5, 0.6) is 0 Å². The lowest BCUT2D eigenvalue weighted by Gasteiger charge is -2.21. The number of anilines is 1. The van der Waals surface area contributed by atoms with Crippen molar-refractivity contribution in [3.05, 3.63) is 22.8 Å². The molecule has 0 saturated carbocycles. The normalized spacial score (nSPS) is 11.1. The molecule has 0 aliphatic heterocycles. The summed E-state index contributed by atoms with van der Waals surface area (Å²) in [5, 5.41) is 11.4. The molecule has 1 amide bonds. The lowest BCUT2D eigenvalue weighted by Crippen LogP contribution is -2.25. The van der Waals surface area contributed by atoms with E-state index in [1.165, 1.54) is 0 Å². The predicted octanol–water partition coefficient (Wildman–Crippen LogP) is 2.67. The number of amides is 1. The highest BCUT2D eigenvalue weighted by Crippen LogP contribution is 2.25. The van der Waals surface area contributed by atoms with Gasteiger partial charge in [-0.1, -0.05) is 13.8 Å². The van der Waals surface area contributed by atoms with E-state index in [0.29, 0.717) is 5.82 Å². The van der Waals surface area contributed by atoms with E-state index >= 15 is 0 Å². The molecule has 0 aromatic carbocycles. The molecule has 0 fully saturated rings. The number of pyridine rings is 1. The van der Waals surface area contributed by atoms with Crippen LogP contribution in [-0.4, -0.2) is 22.0 Å². The van der Waals surface area contributed by atoms with Crippen LogP contribution in [0, 0.1) is 5.41 Å². The van der Waals surface area contributed by atoms with Gasteiger partial charge in [0.15, 0.2) is 0 Å². The Morgan fingerprint density at radius 3 is 2.56 bits per heavy atom. The van der Waals surface area contributed by atoms with Gasteiger partial charge in [-0.15, -0.1) is 0 Å². The molecule has 0 atom stereocenters. The SMILES string of the molecule is CC(C)(CC(=O)O)CC(=O)Nc1ccc(Br)cn1. The maximum absolute atomic E-state index is 11.7. The molecular weight excluding hydrogens is 300 g/mol. The van der Waals surface area contributed by atoms with Gasteiger partial charge in [0.25, 0.3) is 0 Å². The molecule has 0 aliphatic carbocycles. The number of hydrogen-bond acceptors (Lipinski definition) is 3. The van der Waals surface area contributed by atoms with Crippen molar-refractivity contribution >= 4 is 33.6 Å². The van der Waals surface area contributed by atoms with Crippen LogP contribution in [0.4, 0.5) is 5.82 Å². The van der Waals surface area contributed by atoms with Crippen molar-refractivity contribution in [3.63, 3.8) is 0 Å². The summed E-state index contributed by atoms with van der Waals surface area (Å²) in [5.41, 5.74) is -0.578. The number of carboxylic acid groups (broad SMARTS) is 1. The number of halogens is 1. The third-order valence-electron chi connectivity index (χ3n) is 2.26. The molecule has 0 spiro atoms. The first-order valence-corrected chi connectivity index (χ1v) is 6.21. The zero-order valence-electron chi connectivity index (χ0n) is 10.2. The number of carbonyl (C=O) groups is 2. The highest BCUT2D eigenvalue weighted by molar-refractivity contribution is 9.10. The fourth-order valence-corrected chi connectivity index (χ4v) is 1.78. The van der Waals surface area contributed by atoms with Crippen molar-refractivity contribution in [1.29, 1.82) is 0 Å². The summed E-state index contributed by atoms with van der Waals surface area (Å²) in [6.45, 7) is 3.49. The topological polar surface area (TPSA) is 79.3 Å². The number of hydrogen-bond donors (Lipinski definition) is 2. The van der Waals surface area contributed by atoms with Crippen LogP contribution in [0.15, 0.2) is 22.8 Å². The first-order valence-electron chi connectivity index (χ1n) is 5.42. The maximum Gasteiger partial charge on any atom is 0.303 e. The molecule has 1 heterocycles. The van der Waals surface area contributed by atoms with Crippen molar-refractivity contribution in [1.82, 2.24) is 4.98 Å². The smallest absolute Gasteiger partial charge is 0.303 e. The predicted molar refractivity (Wildman–Crippen MR) is 71.2 cm³/mol. The summed E-state index contributed by atoms with van der Waals surface area (Å²) >= 11 is 3.25. The van der Waals surface area contributed by atoms with Crippen molar-refractivity contribution in [2.45, 2.75) is 26.7 Å². The van der Waals surface area contributed by atoms with Gasteiger partial charge in [-0.05, 0) is 33.5 Å². The molecule has 0 bridgehead atoms. The van der Waals surface area contributed by atoms with Gasteiger partial charge in [0, 0.05) is 17.1 Å². The Labute approximate surface area is 114 Å². The third-order valence-corrected chi connectivity index (χ3v) is 2.73. The number of aromatic nitrogens is 1. The average Bonchev–Trinajstić information content (AvgIpc) is 2.18. The van der Waals surface area contributed by atoms with E-state index in [4.69, 9.17) is 5.11 Å². The zero-order valence-corrected chi connectivity index (χ0v) is 11.8. The molecule has 0 saturated heterocycles. The Morgan fingerprint density at radius 1 is 1.39 bits per heavy atom. The Bertz CT molecular complexity index is 443. The number of nitrogens with one attached hydrogen (secondary N) is 1. The molecule has 1 aromatic rings. The molecule has 0 aliphatic rings. The van der Waals surface area contributed by atoms with Gasteiger partial charge in [0.2, 0.25) is 5.91 Å². The second-order valence-corrected chi connectivity index (χ2v) is 5.74. The molecule has 18 heavy (non-hydrogen) atoms. The van der Waals surface area contributed by atoms with Gasteiger partial charge in [-0.2, -0.15) is 0 Å². The van der Waals surface area contributed by atoms with Crippen LogP contribution >= 0.6 is 15.9 Å². The second-order valence-electron chi connectivity index (χ2n) is 4.82. The Kier molecular flexibility index (Phi) is 4.84. The van der Waals surface area contributed by atoms with Crippen LogP contribution in [0.3, 0.4) is 0 Å². The molecule has 2 N–H and O–H groups in total. The van der Waals surface area contributed by atoms with Crippen molar-refractivity contribution in [2.75, 3.05) is 5.32 Å². The van der Waals surface area contributed by atoms with E-state index in [1.54, 1.807) is 32.2 Å². The minimum absolute atomic E-state index is 0.0474. The van der Waals surface area contributed by atoms with Crippen LogP contribution < -0.4 is 5.32 Å². The monoisotopic (exact) mass is 314 g/mol. The second kappa shape index (κ2) is 5.95. The third kappa shape index (κ3) is 5.27. The van der Waals surface area contributed by atoms with Gasteiger partial charge in [-0.3, -0.25) is 9.59 Å². The molecule has 6 heteroatoms. The van der Waals surface area contributed by atoms with Gasteiger partial charge < -0.3 is 10.4 Å². The van der Waals surface area contributed by atoms with Gasteiger partial charge in [0.05, 0.1) is 6.42 Å². The van der Waals surface area contributed by atoms with Gasteiger partial charge in [0.1, 0.15) is 5.82 Å². The summed E-state index contributed by atoms with van der Waals surface area (Å²) < 4.78 is 0.826. The van der Waals surface area contributed by atoms with Crippen LogP contribution in [0.25, 0.3) is 0 Å². The minimum atomic E-state index is -0.908. The average molecular weight is 315 g/mol. The number of rotatable bonds is 5. The molecule has 1 rings (SSSR count). The maximum atomic E-state index is 11.7. The fourth-order valence-electron chi connectivity index (χ4n) is 1.54. The summed E-state index contributed by atoms with van der Waals surface area (Å²) in [7, 11) is 0. The number of carboxylic acids is 1. The summed E-state index contributed by atoms with van der Waals surface area (Å²) in [6.07, 6.45) is 1.67. The Hall–Kier alpha value is -1.43. The lowest BCUT2D eigenvalue weighted by molar-refractivity contribution is -0.139. The summed E-state index contributed by atoms with van der Waals surface area (Å²) in [4.78, 5) is 26.4. The largest absolute Gasteiger partial charge is 0.481 e.